The van der Waals surface area contributed by atoms with Crippen LogP contribution in [0.15, 0.2) is 35.3 Å². The number of likely N-dealkylation sites (tertiary alicyclic amines) is 1. The number of ether oxygens (including phenoxy) is 1. The highest BCUT2D eigenvalue weighted by Gasteiger charge is 2.41. The van der Waals surface area contributed by atoms with Crippen molar-refractivity contribution in [2.45, 2.75) is 31.5 Å². The van der Waals surface area contributed by atoms with E-state index in [0.717, 1.165) is 51.2 Å². The monoisotopic (exact) mass is 456 g/mol. The molecule has 0 spiro atoms. The molecule has 1 N–H and O–H groups in total. The van der Waals surface area contributed by atoms with Crippen molar-refractivity contribution < 1.29 is 4.74 Å². The van der Waals surface area contributed by atoms with Gasteiger partial charge in [0.25, 0.3) is 0 Å². The zero-order chi connectivity index (χ0) is 16.4. The molecule has 1 aromatic rings. The average Bonchev–Trinajstić information content (AvgIpc) is 3.33. The molecule has 25 heavy (non-hydrogen) atoms. The third kappa shape index (κ3) is 4.65. The van der Waals surface area contributed by atoms with Crippen molar-refractivity contribution in [3.63, 3.8) is 0 Å². The second kappa shape index (κ2) is 8.68. The number of hydrogen-bond acceptors (Lipinski definition) is 3. The lowest BCUT2D eigenvalue weighted by molar-refractivity contribution is -0.0502. The van der Waals surface area contributed by atoms with E-state index in [1.54, 1.807) is 0 Å². The van der Waals surface area contributed by atoms with Gasteiger partial charge in [-0.25, -0.2) is 0 Å². The highest BCUT2D eigenvalue weighted by atomic mass is 127. The van der Waals surface area contributed by atoms with Crippen LogP contribution in [-0.4, -0.2) is 67.7 Å². The minimum absolute atomic E-state index is 0. The van der Waals surface area contributed by atoms with Crippen LogP contribution < -0.4 is 5.32 Å². The van der Waals surface area contributed by atoms with Crippen molar-refractivity contribution in [2.24, 2.45) is 10.9 Å². The van der Waals surface area contributed by atoms with Crippen LogP contribution in [0.4, 0.5) is 0 Å². The zero-order valence-corrected chi connectivity index (χ0v) is 17.3. The van der Waals surface area contributed by atoms with E-state index < -0.39 is 0 Å². The normalized spacial score (nSPS) is 26.9. The molecule has 2 atom stereocenters. The molecule has 2 saturated heterocycles. The molecule has 5 nitrogen and oxygen atoms in total. The maximum Gasteiger partial charge on any atom is 0.193 e. The van der Waals surface area contributed by atoms with E-state index in [2.05, 4.69) is 50.4 Å². The highest BCUT2D eigenvalue weighted by Crippen LogP contribution is 2.28. The van der Waals surface area contributed by atoms with E-state index in [0.29, 0.717) is 12.1 Å². The summed E-state index contributed by atoms with van der Waals surface area (Å²) in [6, 6.07) is 11.2. The number of morpholine rings is 1. The summed E-state index contributed by atoms with van der Waals surface area (Å²) in [5.74, 6) is 1.90. The zero-order valence-electron chi connectivity index (χ0n) is 14.9. The third-order valence-electron chi connectivity index (χ3n) is 5.40. The Morgan fingerprint density at radius 1 is 1.24 bits per heavy atom. The number of guanidine groups is 1. The summed E-state index contributed by atoms with van der Waals surface area (Å²) in [5, 5.41) is 3.55. The number of rotatable bonds is 4. The van der Waals surface area contributed by atoms with Gasteiger partial charge >= 0.3 is 0 Å². The summed E-state index contributed by atoms with van der Waals surface area (Å²) in [6.07, 6.45) is 3.02. The van der Waals surface area contributed by atoms with Gasteiger partial charge in [-0.1, -0.05) is 30.3 Å². The molecule has 0 aromatic heterocycles. The Hall–Kier alpha value is -0.860. The van der Waals surface area contributed by atoms with Crippen molar-refractivity contribution in [3.8, 4) is 0 Å². The van der Waals surface area contributed by atoms with Crippen LogP contribution in [-0.2, 0) is 11.3 Å². The highest BCUT2D eigenvalue weighted by molar-refractivity contribution is 14.0. The molecule has 4 rings (SSSR count). The lowest BCUT2D eigenvalue weighted by atomic mass is 10.1. The summed E-state index contributed by atoms with van der Waals surface area (Å²) in [5.41, 5.74) is 1.38. The molecule has 3 fully saturated rings. The first kappa shape index (κ1) is 18.9. The van der Waals surface area contributed by atoms with Gasteiger partial charge in [-0.2, -0.15) is 0 Å². The van der Waals surface area contributed by atoms with Gasteiger partial charge in [0, 0.05) is 39.8 Å². The largest absolute Gasteiger partial charge is 0.373 e. The molecule has 0 bridgehead atoms. The molecule has 1 aromatic carbocycles. The van der Waals surface area contributed by atoms with Crippen LogP contribution in [0, 0.1) is 5.92 Å². The molecule has 1 aliphatic carbocycles. The maximum atomic E-state index is 6.07. The van der Waals surface area contributed by atoms with Crippen molar-refractivity contribution in [2.75, 3.05) is 39.8 Å². The summed E-state index contributed by atoms with van der Waals surface area (Å²) in [6.45, 7) is 5.86. The predicted octanol–water partition coefficient (Wildman–Crippen LogP) is 2.18. The van der Waals surface area contributed by atoms with Gasteiger partial charge < -0.3 is 15.0 Å². The van der Waals surface area contributed by atoms with Gasteiger partial charge in [0.1, 0.15) is 0 Å². The number of halogens is 1. The summed E-state index contributed by atoms with van der Waals surface area (Å²) in [7, 11) is 1.89. The van der Waals surface area contributed by atoms with Crippen LogP contribution in [0.5, 0.6) is 0 Å². The Balaban J connectivity index is 0.00000182. The summed E-state index contributed by atoms with van der Waals surface area (Å²) in [4.78, 5) is 9.45. The second-order valence-corrected chi connectivity index (χ2v) is 7.21. The van der Waals surface area contributed by atoms with Gasteiger partial charge in [-0.15, -0.1) is 24.0 Å². The molecular formula is C19H29IN4O. The average molecular weight is 456 g/mol. The topological polar surface area (TPSA) is 40.1 Å². The second-order valence-electron chi connectivity index (χ2n) is 7.21. The van der Waals surface area contributed by atoms with Crippen molar-refractivity contribution >= 4 is 29.9 Å². The minimum Gasteiger partial charge on any atom is -0.373 e. The van der Waals surface area contributed by atoms with E-state index in [1.165, 1.54) is 18.4 Å². The van der Waals surface area contributed by atoms with Gasteiger partial charge in [0.2, 0.25) is 0 Å². The third-order valence-corrected chi connectivity index (χ3v) is 5.40. The number of fused-ring (bicyclic) bond motifs is 1. The fourth-order valence-electron chi connectivity index (χ4n) is 3.84. The van der Waals surface area contributed by atoms with E-state index in [1.807, 2.05) is 7.05 Å². The first-order valence-electron chi connectivity index (χ1n) is 9.18. The first-order valence-corrected chi connectivity index (χ1v) is 9.18. The van der Waals surface area contributed by atoms with Crippen LogP contribution >= 0.6 is 24.0 Å². The van der Waals surface area contributed by atoms with E-state index in [9.17, 15) is 0 Å². The molecule has 2 aliphatic heterocycles. The number of benzene rings is 1. The van der Waals surface area contributed by atoms with Gasteiger partial charge in [0.15, 0.2) is 5.96 Å². The van der Waals surface area contributed by atoms with Crippen LogP contribution in [0.2, 0.25) is 0 Å². The SMILES string of the molecule is CN=C(NCC1CC1)N1CC2OCCN(Cc3ccccc3)C2C1.I. The van der Waals surface area contributed by atoms with E-state index >= 15 is 0 Å². The number of aliphatic imine (C=N–C) groups is 1. The lowest BCUT2D eigenvalue weighted by Crippen LogP contribution is -2.50. The van der Waals surface area contributed by atoms with E-state index in [-0.39, 0.29) is 24.0 Å². The number of hydrogen-bond donors (Lipinski definition) is 1. The molecule has 2 heterocycles. The van der Waals surface area contributed by atoms with E-state index in [4.69, 9.17) is 4.74 Å². The standard InChI is InChI=1S/C19H28N4O.HI/c1-20-19(21-11-15-7-8-15)23-13-17-18(14-23)24-10-9-22(17)12-16-5-3-2-4-6-16;/h2-6,15,17-18H,7-14H2,1H3,(H,20,21);1H. The quantitative estimate of drug-likeness (QED) is 0.429. The smallest absolute Gasteiger partial charge is 0.193 e. The van der Waals surface area contributed by atoms with Crippen LogP contribution in [0.25, 0.3) is 0 Å². The predicted molar refractivity (Wildman–Crippen MR) is 111 cm³/mol. The van der Waals surface area contributed by atoms with Crippen LogP contribution in [0.3, 0.4) is 0 Å². The van der Waals surface area contributed by atoms with Crippen molar-refractivity contribution in [3.05, 3.63) is 35.9 Å². The van der Waals surface area contributed by atoms with Gasteiger partial charge in [0.05, 0.1) is 18.8 Å². The molecule has 0 amide bonds. The molecule has 138 valence electrons. The fourth-order valence-corrected chi connectivity index (χ4v) is 3.84. The maximum absolute atomic E-state index is 6.07. The Morgan fingerprint density at radius 2 is 2.04 bits per heavy atom. The fraction of sp³-hybridized carbons (Fsp3) is 0.632. The van der Waals surface area contributed by atoms with Crippen molar-refractivity contribution in [1.82, 2.24) is 15.1 Å². The molecule has 6 heteroatoms. The van der Waals surface area contributed by atoms with Gasteiger partial charge in [-0.05, 0) is 24.3 Å². The Morgan fingerprint density at radius 3 is 2.76 bits per heavy atom. The lowest BCUT2D eigenvalue weighted by Gasteiger charge is -2.36. The number of nitrogens with zero attached hydrogens (tertiary/aromatic N) is 3. The Bertz CT molecular complexity index is 578. The molecule has 0 radical (unpaired) electrons. The molecule has 1 saturated carbocycles. The van der Waals surface area contributed by atoms with Gasteiger partial charge in [-0.3, -0.25) is 9.89 Å². The molecule has 3 aliphatic rings. The minimum atomic E-state index is 0. The molecule has 2 unspecified atom stereocenters. The summed E-state index contributed by atoms with van der Waals surface area (Å²) < 4.78 is 6.07. The van der Waals surface area contributed by atoms with Crippen LogP contribution in [0.1, 0.15) is 18.4 Å². The van der Waals surface area contributed by atoms with Crippen molar-refractivity contribution in [1.29, 1.82) is 0 Å². The summed E-state index contributed by atoms with van der Waals surface area (Å²) >= 11 is 0. The first-order chi connectivity index (χ1) is 11.8. The molecular weight excluding hydrogens is 427 g/mol. The Kier molecular flexibility index (Phi) is 6.57. The number of nitrogens with one attached hydrogen (secondary N) is 1. The Labute approximate surface area is 167 Å².